The Kier molecular flexibility index (Phi) is 4.30. The summed E-state index contributed by atoms with van der Waals surface area (Å²) in [5.41, 5.74) is 10.8. The van der Waals surface area contributed by atoms with Gasteiger partial charge in [0, 0.05) is 0 Å². The number of carbonyl (C=O) groups excluding carboxylic acids is 2. The predicted octanol–water partition coefficient (Wildman–Crippen LogP) is -0.502. The van der Waals surface area contributed by atoms with Gasteiger partial charge in [-0.15, -0.1) is 0 Å². The zero-order valence-corrected chi connectivity index (χ0v) is 9.57. The molecule has 0 aliphatic carbocycles. The third-order valence-electron chi connectivity index (χ3n) is 2.06. The van der Waals surface area contributed by atoms with E-state index in [4.69, 9.17) is 28.2 Å². The first-order chi connectivity index (χ1) is 7.93. The van der Waals surface area contributed by atoms with Crippen molar-refractivity contribution >= 4 is 29.1 Å². The van der Waals surface area contributed by atoms with Crippen molar-refractivity contribution in [3.63, 3.8) is 0 Å². The van der Waals surface area contributed by atoms with Crippen molar-refractivity contribution < 1.29 is 14.7 Å². The van der Waals surface area contributed by atoms with Gasteiger partial charge < -0.3 is 21.9 Å². The van der Waals surface area contributed by atoms with Gasteiger partial charge in [-0.1, -0.05) is 17.7 Å². The van der Waals surface area contributed by atoms with E-state index in [9.17, 15) is 9.59 Å². The summed E-state index contributed by atoms with van der Waals surface area (Å²) in [5, 5.41) is 11.5. The van der Waals surface area contributed by atoms with Crippen LogP contribution >= 0.6 is 11.6 Å². The van der Waals surface area contributed by atoms with E-state index in [1.54, 1.807) is 12.1 Å². The van der Waals surface area contributed by atoms with Gasteiger partial charge >= 0.3 is 0 Å². The van der Waals surface area contributed by atoms with Crippen molar-refractivity contribution in [2.45, 2.75) is 6.10 Å². The summed E-state index contributed by atoms with van der Waals surface area (Å²) >= 11 is 5.83. The number of aliphatic hydroxyl groups is 1. The van der Waals surface area contributed by atoms with E-state index in [1.807, 2.05) is 0 Å². The molecular formula is C10H12ClN3O3. The molecule has 0 aliphatic heterocycles. The van der Waals surface area contributed by atoms with E-state index >= 15 is 0 Å². The molecule has 0 bridgehead atoms. The van der Waals surface area contributed by atoms with Gasteiger partial charge in [0.1, 0.15) is 6.10 Å². The number of rotatable bonds is 4. The largest absolute Gasteiger partial charge is 0.398 e. The van der Waals surface area contributed by atoms with Gasteiger partial charge in [0.25, 0.3) is 5.91 Å². The lowest BCUT2D eigenvalue weighted by Crippen LogP contribution is -2.40. The average molecular weight is 258 g/mol. The first-order valence-electron chi connectivity index (χ1n) is 4.73. The molecular weight excluding hydrogens is 246 g/mol. The first-order valence-corrected chi connectivity index (χ1v) is 5.11. The van der Waals surface area contributed by atoms with Crippen molar-refractivity contribution in [2.24, 2.45) is 5.73 Å². The summed E-state index contributed by atoms with van der Waals surface area (Å²) in [5.74, 6) is -1.45. The number of hydrogen-bond donors (Lipinski definition) is 4. The number of hydrogen-bond acceptors (Lipinski definition) is 4. The molecule has 0 radical (unpaired) electrons. The molecule has 0 heterocycles. The maximum absolute atomic E-state index is 11.6. The quantitative estimate of drug-likeness (QED) is 0.544. The molecule has 0 fully saturated rings. The lowest BCUT2D eigenvalue weighted by molar-refractivity contribution is -0.125. The maximum atomic E-state index is 11.6. The van der Waals surface area contributed by atoms with Crippen molar-refractivity contribution in [1.29, 1.82) is 0 Å². The molecule has 6 N–H and O–H groups in total. The van der Waals surface area contributed by atoms with Gasteiger partial charge in [0.2, 0.25) is 5.91 Å². The first kappa shape index (κ1) is 13.3. The molecule has 0 saturated carbocycles. The number of primary amides is 1. The Morgan fingerprint density at radius 3 is 2.71 bits per heavy atom. The zero-order chi connectivity index (χ0) is 13.0. The van der Waals surface area contributed by atoms with Gasteiger partial charge in [-0.3, -0.25) is 9.59 Å². The Hall–Kier alpha value is -1.79. The van der Waals surface area contributed by atoms with E-state index in [-0.39, 0.29) is 22.8 Å². The van der Waals surface area contributed by atoms with Crippen LogP contribution in [0.2, 0.25) is 5.02 Å². The molecule has 6 nitrogen and oxygen atoms in total. The zero-order valence-electron chi connectivity index (χ0n) is 8.81. The van der Waals surface area contributed by atoms with Gasteiger partial charge in [0.05, 0.1) is 22.8 Å². The molecule has 2 amide bonds. The van der Waals surface area contributed by atoms with Crippen LogP contribution in [0.4, 0.5) is 5.69 Å². The number of carbonyl (C=O) groups is 2. The molecule has 1 aromatic carbocycles. The minimum Gasteiger partial charge on any atom is -0.398 e. The summed E-state index contributed by atoms with van der Waals surface area (Å²) in [6.45, 7) is -0.278. The van der Waals surface area contributed by atoms with E-state index in [0.717, 1.165) is 0 Å². The summed E-state index contributed by atoms with van der Waals surface area (Å²) in [4.78, 5) is 22.2. The highest BCUT2D eigenvalue weighted by Gasteiger charge is 2.15. The van der Waals surface area contributed by atoms with E-state index in [1.165, 1.54) is 6.07 Å². The van der Waals surface area contributed by atoms with Crippen molar-refractivity contribution in [2.75, 3.05) is 12.3 Å². The predicted molar refractivity (Wildman–Crippen MR) is 63.4 cm³/mol. The lowest BCUT2D eigenvalue weighted by atomic mass is 10.2. The summed E-state index contributed by atoms with van der Waals surface area (Å²) in [6, 6.07) is 4.60. The van der Waals surface area contributed by atoms with Crippen molar-refractivity contribution in [1.82, 2.24) is 5.32 Å². The van der Waals surface area contributed by atoms with Crippen LogP contribution in [0.25, 0.3) is 0 Å². The molecule has 17 heavy (non-hydrogen) atoms. The Balaban J connectivity index is 2.71. The van der Waals surface area contributed by atoms with Crippen LogP contribution in [0, 0.1) is 0 Å². The molecule has 92 valence electrons. The van der Waals surface area contributed by atoms with Crippen molar-refractivity contribution in [3.8, 4) is 0 Å². The van der Waals surface area contributed by atoms with Crippen LogP contribution in [0.15, 0.2) is 18.2 Å². The second-order valence-corrected chi connectivity index (χ2v) is 3.71. The third kappa shape index (κ3) is 3.33. The van der Waals surface area contributed by atoms with Crippen LogP contribution in [-0.2, 0) is 4.79 Å². The smallest absolute Gasteiger partial charge is 0.252 e. The summed E-state index contributed by atoms with van der Waals surface area (Å²) in [7, 11) is 0. The molecule has 1 unspecified atom stereocenters. The Morgan fingerprint density at radius 1 is 1.47 bits per heavy atom. The molecule has 0 aromatic heterocycles. The third-order valence-corrected chi connectivity index (χ3v) is 2.48. The fourth-order valence-corrected chi connectivity index (χ4v) is 1.32. The number of aliphatic hydroxyl groups excluding tert-OH is 1. The number of nitrogen functional groups attached to an aromatic ring is 1. The van der Waals surface area contributed by atoms with E-state index in [2.05, 4.69) is 5.32 Å². The molecule has 0 spiro atoms. The van der Waals surface area contributed by atoms with Gasteiger partial charge in [-0.25, -0.2) is 0 Å². The second-order valence-electron chi connectivity index (χ2n) is 3.34. The van der Waals surface area contributed by atoms with Crippen LogP contribution in [0.1, 0.15) is 10.4 Å². The Labute approximate surface area is 103 Å². The number of benzene rings is 1. The standard InChI is InChI=1S/C10H12ClN3O3/c11-8-5(2-1-3-6(8)12)10(17)14-4-7(15)9(13)16/h1-3,7,15H,4,12H2,(H2,13,16)(H,14,17). The topological polar surface area (TPSA) is 118 Å². The highest BCUT2D eigenvalue weighted by molar-refractivity contribution is 6.36. The summed E-state index contributed by atoms with van der Waals surface area (Å²) < 4.78 is 0. The molecule has 1 rings (SSSR count). The second kappa shape index (κ2) is 5.51. The lowest BCUT2D eigenvalue weighted by Gasteiger charge is -2.10. The number of nitrogens with two attached hydrogens (primary N) is 2. The SMILES string of the molecule is NC(=O)C(O)CNC(=O)c1cccc(N)c1Cl. The highest BCUT2D eigenvalue weighted by Crippen LogP contribution is 2.22. The Morgan fingerprint density at radius 2 is 2.12 bits per heavy atom. The monoisotopic (exact) mass is 257 g/mol. The molecule has 7 heteroatoms. The molecule has 0 aliphatic rings. The fraction of sp³-hybridized carbons (Fsp3) is 0.200. The maximum Gasteiger partial charge on any atom is 0.252 e. The van der Waals surface area contributed by atoms with Crippen LogP contribution in [0.5, 0.6) is 0 Å². The minimum atomic E-state index is -1.43. The number of halogens is 1. The molecule has 1 atom stereocenters. The molecule has 0 saturated heterocycles. The summed E-state index contributed by atoms with van der Waals surface area (Å²) in [6.07, 6.45) is -1.43. The van der Waals surface area contributed by atoms with Crippen LogP contribution in [-0.4, -0.2) is 29.6 Å². The normalized spacial score (nSPS) is 11.9. The van der Waals surface area contributed by atoms with Crippen molar-refractivity contribution in [3.05, 3.63) is 28.8 Å². The highest BCUT2D eigenvalue weighted by atomic mass is 35.5. The minimum absolute atomic E-state index is 0.124. The van der Waals surface area contributed by atoms with E-state index in [0.29, 0.717) is 0 Å². The van der Waals surface area contributed by atoms with Gasteiger partial charge in [-0.2, -0.15) is 0 Å². The number of anilines is 1. The fourth-order valence-electron chi connectivity index (χ4n) is 1.11. The number of amides is 2. The van der Waals surface area contributed by atoms with Crippen LogP contribution < -0.4 is 16.8 Å². The van der Waals surface area contributed by atoms with Gasteiger partial charge in [-0.05, 0) is 12.1 Å². The average Bonchev–Trinajstić information content (AvgIpc) is 2.29. The Bertz CT molecular complexity index is 450. The molecule has 1 aromatic rings. The van der Waals surface area contributed by atoms with E-state index < -0.39 is 17.9 Å². The van der Waals surface area contributed by atoms with Crippen LogP contribution in [0.3, 0.4) is 0 Å². The number of nitrogens with one attached hydrogen (secondary N) is 1. The van der Waals surface area contributed by atoms with Gasteiger partial charge in [0.15, 0.2) is 0 Å².